The Morgan fingerprint density at radius 3 is 0.649 bits per heavy atom. The van der Waals surface area contributed by atoms with Gasteiger partial charge >= 0.3 is 17.9 Å². The topological polar surface area (TPSA) is 78.9 Å². The van der Waals surface area contributed by atoms with Crippen molar-refractivity contribution in [1.29, 1.82) is 0 Å². The monoisotopic (exact) mass is 1090 g/mol. The summed E-state index contributed by atoms with van der Waals surface area (Å²) in [6.07, 6.45) is 79.7. The van der Waals surface area contributed by atoms with Crippen molar-refractivity contribution in [2.75, 3.05) is 13.2 Å². The molecule has 6 heteroatoms. The normalized spacial score (nSPS) is 12.0. The fraction of sp³-hybridized carbons (Fsp3) is 0.930. The van der Waals surface area contributed by atoms with Crippen LogP contribution in [0.5, 0.6) is 0 Å². The van der Waals surface area contributed by atoms with Gasteiger partial charge < -0.3 is 14.2 Å². The first-order valence-electron chi connectivity index (χ1n) is 35.2. The number of hydrogen-bond donors (Lipinski definition) is 0. The predicted octanol–water partition coefficient (Wildman–Crippen LogP) is 24.0. The van der Waals surface area contributed by atoms with Gasteiger partial charge in [-0.15, -0.1) is 0 Å². The molecule has 0 aliphatic carbocycles. The van der Waals surface area contributed by atoms with Crippen molar-refractivity contribution in [3.05, 3.63) is 12.2 Å². The number of carbonyl (C=O) groups is 3. The summed E-state index contributed by atoms with van der Waals surface area (Å²) in [6.45, 7) is 6.71. The van der Waals surface area contributed by atoms with Crippen LogP contribution in [-0.2, 0) is 28.6 Å². The number of esters is 3. The van der Waals surface area contributed by atoms with E-state index in [1.807, 2.05) is 0 Å². The Morgan fingerprint density at radius 2 is 0.429 bits per heavy atom. The molecule has 0 aromatic heterocycles. The quantitative estimate of drug-likeness (QED) is 0.0261. The van der Waals surface area contributed by atoms with Crippen LogP contribution in [0.3, 0.4) is 0 Å². The number of allylic oxidation sites excluding steroid dienone is 2. The van der Waals surface area contributed by atoms with Crippen molar-refractivity contribution in [2.45, 2.75) is 412 Å². The molecule has 0 bridgehead atoms. The predicted molar refractivity (Wildman–Crippen MR) is 335 cm³/mol. The lowest BCUT2D eigenvalue weighted by atomic mass is 10.0. The van der Waals surface area contributed by atoms with Gasteiger partial charge in [-0.1, -0.05) is 354 Å². The Bertz CT molecular complexity index is 1200. The molecule has 0 N–H and O–H groups in total. The molecule has 0 spiro atoms. The third-order valence-corrected chi connectivity index (χ3v) is 16.3. The highest BCUT2D eigenvalue weighted by atomic mass is 16.6. The highest BCUT2D eigenvalue weighted by Gasteiger charge is 2.19. The van der Waals surface area contributed by atoms with E-state index in [0.717, 1.165) is 57.8 Å². The lowest BCUT2D eigenvalue weighted by molar-refractivity contribution is -0.167. The van der Waals surface area contributed by atoms with E-state index in [4.69, 9.17) is 14.2 Å². The molecular formula is C71H136O6. The molecule has 0 rings (SSSR count). The highest BCUT2D eigenvalue weighted by molar-refractivity contribution is 5.71. The van der Waals surface area contributed by atoms with Crippen LogP contribution in [0.2, 0.25) is 0 Å². The van der Waals surface area contributed by atoms with E-state index in [0.29, 0.717) is 19.3 Å². The zero-order valence-corrected chi connectivity index (χ0v) is 52.5. The van der Waals surface area contributed by atoms with Gasteiger partial charge in [0, 0.05) is 19.3 Å². The van der Waals surface area contributed by atoms with Crippen molar-refractivity contribution in [3.8, 4) is 0 Å². The van der Waals surface area contributed by atoms with Crippen molar-refractivity contribution in [3.63, 3.8) is 0 Å². The zero-order valence-electron chi connectivity index (χ0n) is 52.5. The van der Waals surface area contributed by atoms with Crippen LogP contribution in [0, 0.1) is 0 Å². The fourth-order valence-corrected chi connectivity index (χ4v) is 11.0. The van der Waals surface area contributed by atoms with Gasteiger partial charge in [-0.05, 0) is 44.9 Å². The number of rotatable bonds is 66. The molecule has 1 unspecified atom stereocenters. The van der Waals surface area contributed by atoms with E-state index in [-0.39, 0.29) is 31.1 Å². The van der Waals surface area contributed by atoms with Crippen molar-refractivity contribution in [2.24, 2.45) is 0 Å². The molecule has 0 fully saturated rings. The maximum Gasteiger partial charge on any atom is 0.306 e. The molecule has 456 valence electrons. The lowest BCUT2D eigenvalue weighted by Crippen LogP contribution is -2.30. The minimum absolute atomic E-state index is 0.0620. The summed E-state index contributed by atoms with van der Waals surface area (Å²) in [6, 6.07) is 0. The zero-order chi connectivity index (χ0) is 55.7. The Kier molecular flexibility index (Phi) is 65.1. The van der Waals surface area contributed by atoms with E-state index in [1.54, 1.807) is 0 Å². The first-order chi connectivity index (χ1) is 38.0. The summed E-state index contributed by atoms with van der Waals surface area (Å²) < 4.78 is 16.9. The fourth-order valence-electron chi connectivity index (χ4n) is 11.0. The molecule has 6 nitrogen and oxygen atoms in total. The van der Waals surface area contributed by atoms with E-state index in [2.05, 4.69) is 32.9 Å². The molecule has 0 amide bonds. The summed E-state index contributed by atoms with van der Waals surface area (Å²) in [5.41, 5.74) is 0. The second kappa shape index (κ2) is 66.7. The maximum atomic E-state index is 12.9. The van der Waals surface area contributed by atoms with Crippen molar-refractivity contribution >= 4 is 17.9 Å². The third kappa shape index (κ3) is 64.9. The Hall–Kier alpha value is -1.85. The molecule has 0 aliphatic rings. The molecule has 0 heterocycles. The van der Waals surface area contributed by atoms with Gasteiger partial charge in [0.2, 0.25) is 0 Å². The maximum absolute atomic E-state index is 12.9. The average molecular weight is 1090 g/mol. The first kappa shape index (κ1) is 75.2. The van der Waals surface area contributed by atoms with Crippen LogP contribution in [0.25, 0.3) is 0 Å². The van der Waals surface area contributed by atoms with Gasteiger partial charge in [0.25, 0.3) is 0 Å². The summed E-state index contributed by atoms with van der Waals surface area (Å²) >= 11 is 0. The molecule has 0 aliphatic heterocycles. The second-order valence-electron chi connectivity index (χ2n) is 24.2. The van der Waals surface area contributed by atoms with E-state index in [9.17, 15) is 14.4 Å². The molecule has 0 saturated carbocycles. The lowest BCUT2D eigenvalue weighted by Gasteiger charge is -2.18. The Balaban J connectivity index is 4.02. The third-order valence-electron chi connectivity index (χ3n) is 16.3. The molecular weight excluding hydrogens is 949 g/mol. The van der Waals surface area contributed by atoms with Crippen LogP contribution in [0.4, 0.5) is 0 Å². The largest absolute Gasteiger partial charge is 0.462 e. The summed E-state index contributed by atoms with van der Waals surface area (Å²) in [7, 11) is 0. The van der Waals surface area contributed by atoms with Crippen LogP contribution < -0.4 is 0 Å². The van der Waals surface area contributed by atoms with Crippen LogP contribution in [0.15, 0.2) is 12.2 Å². The SMILES string of the molecule is CCCCCCCCCC/C=C\CCCCCCCCCCCCCCCCCCCCCCCC(=O)OCC(COC(=O)CCCCCCCCCCCCCCC)OC(=O)CCCCCCCCCCCCCCC. The number of hydrogen-bond acceptors (Lipinski definition) is 6. The number of carbonyl (C=O) groups excluding carboxylic acids is 3. The second-order valence-corrected chi connectivity index (χ2v) is 24.2. The average Bonchev–Trinajstić information content (AvgIpc) is 3.43. The minimum Gasteiger partial charge on any atom is -0.462 e. The summed E-state index contributed by atoms with van der Waals surface area (Å²) in [4.78, 5) is 38.3. The van der Waals surface area contributed by atoms with E-state index in [1.165, 1.54) is 308 Å². The summed E-state index contributed by atoms with van der Waals surface area (Å²) in [5.74, 6) is -0.829. The number of ether oxygens (including phenoxy) is 3. The van der Waals surface area contributed by atoms with Crippen molar-refractivity contribution < 1.29 is 28.6 Å². The van der Waals surface area contributed by atoms with Gasteiger partial charge in [-0.25, -0.2) is 0 Å². The van der Waals surface area contributed by atoms with E-state index < -0.39 is 6.10 Å². The molecule has 1 atom stereocenters. The van der Waals surface area contributed by atoms with E-state index >= 15 is 0 Å². The summed E-state index contributed by atoms with van der Waals surface area (Å²) in [5, 5.41) is 0. The Morgan fingerprint density at radius 1 is 0.247 bits per heavy atom. The van der Waals surface area contributed by atoms with Gasteiger partial charge in [0.05, 0.1) is 0 Å². The highest BCUT2D eigenvalue weighted by Crippen LogP contribution is 2.19. The minimum atomic E-state index is -0.763. The molecule has 77 heavy (non-hydrogen) atoms. The van der Waals surface area contributed by atoms with Crippen LogP contribution >= 0.6 is 0 Å². The molecule has 0 radical (unpaired) electrons. The first-order valence-corrected chi connectivity index (χ1v) is 35.2. The van der Waals surface area contributed by atoms with Gasteiger partial charge in [-0.2, -0.15) is 0 Å². The van der Waals surface area contributed by atoms with Crippen LogP contribution in [-0.4, -0.2) is 37.2 Å². The van der Waals surface area contributed by atoms with Gasteiger partial charge in [-0.3, -0.25) is 14.4 Å². The number of unbranched alkanes of at least 4 members (excludes halogenated alkanes) is 53. The van der Waals surface area contributed by atoms with Crippen LogP contribution in [0.1, 0.15) is 406 Å². The molecule has 0 aromatic carbocycles. The van der Waals surface area contributed by atoms with Gasteiger partial charge in [0.1, 0.15) is 13.2 Å². The van der Waals surface area contributed by atoms with Gasteiger partial charge in [0.15, 0.2) is 6.10 Å². The standard InChI is InChI=1S/C71H136O6/c1-4-7-10-13-16-19-22-25-26-27-28-29-30-31-32-33-34-35-36-37-38-39-40-41-42-43-44-47-49-52-55-58-61-64-70(73)76-67-68(77-71(74)65-62-59-56-53-50-46-24-21-18-15-12-9-6-3)66-75-69(72)63-60-57-54-51-48-45-23-20-17-14-11-8-5-2/h27-28,68H,4-26,29-67H2,1-3H3/b28-27-. The smallest absolute Gasteiger partial charge is 0.306 e. The van der Waals surface area contributed by atoms with Crippen molar-refractivity contribution in [1.82, 2.24) is 0 Å². The molecule has 0 saturated heterocycles. The molecule has 0 aromatic rings. The Labute approximate surface area is 481 Å².